The number of para-hydroxylation sites is 1. The van der Waals surface area contributed by atoms with Gasteiger partial charge in [-0.05, 0) is 38.9 Å². The van der Waals surface area contributed by atoms with Crippen molar-refractivity contribution in [3.8, 4) is 5.75 Å². The molecule has 0 radical (unpaired) electrons. The van der Waals surface area contributed by atoms with Crippen LogP contribution in [0.3, 0.4) is 0 Å². The molecule has 2 aliphatic rings. The van der Waals surface area contributed by atoms with Gasteiger partial charge in [0, 0.05) is 17.7 Å². The van der Waals surface area contributed by atoms with Gasteiger partial charge in [0.05, 0.1) is 6.04 Å². The fraction of sp³-hybridized carbons (Fsp3) is 0.611. The van der Waals surface area contributed by atoms with Crippen LogP contribution in [0.25, 0.3) is 0 Å². The monoisotopic (exact) mass is 402 g/mol. The average molecular weight is 403 g/mol. The zero-order valence-electron chi connectivity index (χ0n) is 15.3. The molecule has 26 heavy (non-hydrogen) atoms. The Morgan fingerprint density at radius 3 is 2.50 bits per heavy atom. The summed E-state index contributed by atoms with van der Waals surface area (Å²) in [6.45, 7) is 4.99. The molecule has 146 valence electrons. The highest BCUT2D eigenvalue weighted by Gasteiger charge is 2.49. The van der Waals surface area contributed by atoms with Gasteiger partial charge in [-0.2, -0.15) is 0 Å². The van der Waals surface area contributed by atoms with E-state index in [0.29, 0.717) is 25.9 Å². The van der Waals surface area contributed by atoms with Crippen molar-refractivity contribution in [2.45, 2.75) is 49.5 Å². The van der Waals surface area contributed by atoms with Crippen LogP contribution in [-0.4, -0.2) is 50.6 Å². The van der Waals surface area contributed by atoms with Crippen LogP contribution in [0, 0.1) is 0 Å². The molecule has 6 nitrogen and oxygen atoms in total. The topological polar surface area (TPSA) is 84.5 Å². The standard InChI is InChI=1S/C18H26N2O4S.ClH/c1-12-14-6-4-5-7-15(14)24-16(12)13(2)20-17(21)18(25(3,22)23)8-10-19-11-9-18;/h4-7,12-13,16,19H,8-11H2,1-3H3,(H,20,21);1H. The molecule has 1 fully saturated rings. The molecule has 0 bridgehead atoms. The first-order chi connectivity index (χ1) is 11.8. The number of piperidine rings is 1. The summed E-state index contributed by atoms with van der Waals surface area (Å²) in [6.07, 6.45) is 1.55. The number of halogens is 1. The Morgan fingerprint density at radius 2 is 1.92 bits per heavy atom. The van der Waals surface area contributed by atoms with Gasteiger partial charge < -0.3 is 15.4 Å². The molecule has 0 saturated carbocycles. The van der Waals surface area contributed by atoms with Crippen LogP contribution in [0.4, 0.5) is 0 Å². The number of sulfone groups is 1. The van der Waals surface area contributed by atoms with Gasteiger partial charge in [-0.3, -0.25) is 4.79 Å². The number of hydrogen-bond acceptors (Lipinski definition) is 5. The average Bonchev–Trinajstić information content (AvgIpc) is 2.92. The highest BCUT2D eigenvalue weighted by Crippen LogP contribution is 2.39. The Hall–Kier alpha value is -1.31. The van der Waals surface area contributed by atoms with E-state index in [-0.39, 0.29) is 30.5 Å². The molecule has 1 amide bonds. The number of carbonyl (C=O) groups excluding carboxylic acids is 1. The fourth-order valence-electron chi connectivity index (χ4n) is 3.94. The van der Waals surface area contributed by atoms with Crippen LogP contribution in [0.5, 0.6) is 5.75 Å². The second kappa shape index (κ2) is 7.74. The Kier molecular flexibility index (Phi) is 6.25. The molecule has 8 heteroatoms. The maximum atomic E-state index is 12.9. The van der Waals surface area contributed by atoms with Gasteiger partial charge in [0.25, 0.3) is 0 Å². The molecule has 2 N–H and O–H groups in total. The summed E-state index contributed by atoms with van der Waals surface area (Å²) in [7, 11) is -3.52. The summed E-state index contributed by atoms with van der Waals surface area (Å²) in [5.41, 5.74) is 1.12. The van der Waals surface area contributed by atoms with Crippen LogP contribution >= 0.6 is 12.4 Å². The smallest absolute Gasteiger partial charge is 0.241 e. The van der Waals surface area contributed by atoms with Gasteiger partial charge in [0.1, 0.15) is 11.9 Å². The summed E-state index contributed by atoms with van der Waals surface area (Å²) >= 11 is 0. The predicted octanol–water partition coefficient (Wildman–Crippen LogP) is 1.64. The van der Waals surface area contributed by atoms with E-state index in [1.54, 1.807) is 0 Å². The van der Waals surface area contributed by atoms with Gasteiger partial charge >= 0.3 is 0 Å². The predicted molar refractivity (Wildman–Crippen MR) is 104 cm³/mol. The Bertz CT molecular complexity index is 762. The van der Waals surface area contributed by atoms with Gasteiger partial charge in [-0.1, -0.05) is 25.1 Å². The number of hydrogen-bond donors (Lipinski definition) is 2. The lowest BCUT2D eigenvalue weighted by Crippen LogP contribution is -2.60. The molecule has 1 saturated heterocycles. The molecule has 2 heterocycles. The summed E-state index contributed by atoms with van der Waals surface area (Å²) in [5, 5.41) is 6.06. The van der Waals surface area contributed by atoms with Gasteiger partial charge in [0.15, 0.2) is 14.6 Å². The van der Waals surface area contributed by atoms with Crippen LogP contribution in [0.1, 0.15) is 38.2 Å². The van der Waals surface area contributed by atoms with E-state index in [2.05, 4.69) is 17.6 Å². The molecule has 0 spiro atoms. The lowest BCUT2D eigenvalue weighted by molar-refractivity contribution is -0.125. The van der Waals surface area contributed by atoms with Crippen molar-refractivity contribution in [1.82, 2.24) is 10.6 Å². The summed E-state index contributed by atoms with van der Waals surface area (Å²) < 4.78 is 29.4. The third-order valence-electron chi connectivity index (χ3n) is 5.55. The minimum absolute atomic E-state index is 0. The van der Waals surface area contributed by atoms with Gasteiger partial charge in [-0.25, -0.2) is 8.42 Å². The maximum Gasteiger partial charge on any atom is 0.241 e. The van der Waals surface area contributed by atoms with E-state index >= 15 is 0 Å². The molecule has 2 aliphatic heterocycles. The minimum atomic E-state index is -3.52. The maximum absolute atomic E-state index is 12.9. The van der Waals surface area contributed by atoms with Gasteiger partial charge in [-0.15, -0.1) is 12.4 Å². The second-order valence-corrected chi connectivity index (χ2v) is 9.51. The highest BCUT2D eigenvalue weighted by atomic mass is 35.5. The molecule has 3 unspecified atom stereocenters. The summed E-state index contributed by atoms with van der Waals surface area (Å²) in [5.74, 6) is 0.560. The Morgan fingerprint density at radius 1 is 1.31 bits per heavy atom. The number of carbonyl (C=O) groups is 1. The first-order valence-corrected chi connectivity index (χ1v) is 10.6. The van der Waals surface area contributed by atoms with E-state index in [1.807, 2.05) is 31.2 Å². The minimum Gasteiger partial charge on any atom is -0.487 e. The van der Waals surface area contributed by atoms with Crippen molar-refractivity contribution >= 4 is 28.2 Å². The lowest BCUT2D eigenvalue weighted by Gasteiger charge is -2.36. The van der Waals surface area contributed by atoms with Crippen LogP contribution in [0.15, 0.2) is 24.3 Å². The van der Waals surface area contributed by atoms with Crippen molar-refractivity contribution in [2.24, 2.45) is 0 Å². The van der Waals surface area contributed by atoms with Gasteiger partial charge in [0.2, 0.25) is 5.91 Å². The van der Waals surface area contributed by atoms with Crippen LogP contribution < -0.4 is 15.4 Å². The van der Waals surface area contributed by atoms with E-state index in [0.717, 1.165) is 17.6 Å². The number of fused-ring (bicyclic) bond motifs is 1. The van der Waals surface area contributed by atoms with Crippen LogP contribution in [0.2, 0.25) is 0 Å². The van der Waals surface area contributed by atoms with E-state index in [4.69, 9.17) is 4.74 Å². The Labute approximate surface area is 161 Å². The first-order valence-electron chi connectivity index (χ1n) is 8.73. The normalized spacial score (nSPS) is 25.3. The summed E-state index contributed by atoms with van der Waals surface area (Å²) in [6, 6.07) is 7.55. The van der Waals surface area contributed by atoms with Crippen molar-refractivity contribution in [2.75, 3.05) is 19.3 Å². The van der Waals surface area contributed by atoms with Crippen molar-refractivity contribution in [3.05, 3.63) is 29.8 Å². The molecule has 3 rings (SSSR count). The first kappa shape index (κ1) is 21.0. The molecule has 0 aliphatic carbocycles. The second-order valence-electron chi connectivity index (χ2n) is 7.19. The van der Waals surface area contributed by atoms with E-state index in [1.165, 1.54) is 0 Å². The van der Waals surface area contributed by atoms with Crippen molar-refractivity contribution < 1.29 is 17.9 Å². The van der Waals surface area contributed by atoms with Crippen molar-refractivity contribution in [1.29, 1.82) is 0 Å². The zero-order chi connectivity index (χ0) is 18.2. The van der Waals surface area contributed by atoms with E-state index < -0.39 is 20.5 Å². The number of ether oxygens (including phenoxy) is 1. The molecular weight excluding hydrogens is 376 g/mol. The number of amides is 1. The number of benzene rings is 1. The lowest BCUT2D eigenvalue weighted by atomic mass is 9.92. The zero-order valence-corrected chi connectivity index (χ0v) is 17.0. The molecule has 1 aromatic rings. The largest absolute Gasteiger partial charge is 0.487 e. The number of rotatable bonds is 4. The third kappa shape index (κ3) is 3.57. The SMILES string of the molecule is CC(NC(=O)C1(S(C)(=O)=O)CCNCC1)C1Oc2ccccc2C1C.Cl. The highest BCUT2D eigenvalue weighted by molar-refractivity contribution is 7.92. The van der Waals surface area contributed by atoms with E-state index in [9.17, 15) is 13.2 Å². The molecule has 3 atom stereocenters. The van der Waals surface area contributed by atoms with Crippen molar-refractivity contribution in [3.63, 3.8) is 0 Å². The summed E-state index contributed by atoms with van der Waals surface area (Å²) in [4.78, 5) is 12.9. The third-order valence-corrected chi connectivity index (χ3v) is 7.56. The fourth-order valence-corrected chi connectivity index (χ4v) is 5.28. The van der Waals surface area contributed by atoms with Crippen LogP contribution in [-0.2, 0) is 14.6 Å². The molecule has 1 aromatic carbocycles. The molecule has 0 aromatic heterocycles. The number of nitrogens with one attached hydrogen (secondary N) is 2. The molecular formula is C18H27ClN2O4S. The Balaban J connectivity index is 0.00000243. The quantitative estimate of drug-likeness (QED) is 0.799.